The van der Waals surface area contributed by atoms with Crippen molar-refractivity contribution in [3.63, 3.8) is 0 Å². The van der Waals surface area contributed by atoms with E-state index in [1.165, 1.54) is 0 Å². The average molecular weight is 220 g/mol. The molecule has 0 aromatic carbocycles. The Hall–Kier alpha value is -1.45. The fourth-order valence-electron chi connectivity index (χ4n) is 1.93. The average Bonchev–Trinajstić information content (AvgIpc) is 2.57. The number of hydrogen-bond donors (Lipinski definition) is 1. The first-order valence-corrected chi connectivity index (χ1v) is 5.65. The van der Waals surface area contributed by atoms with Crippen LogP contribution in [0.15, 0.2) is 0 Å². The topological polar surface area (TPSA) is 49.0 Å². The van der Waals surface area contributed by atoms with Crippen molar-refractivity contribution in [3.8, 4) is 0 Å². The molecule has 0 radical (unpaired) electrons. The first-order chi connectivity index (χ1) is 7.43. The van der Waals surface area contributed by atoms with Gasteiger partial charge in [0.1, 0.15) is 11.9 Å². The van der Waals surface area contributed by atoms with E-state index in [2.05, 4.69) is 37.7 Å². The van der Waals surface area contributed by atoms with Crippen molar-refractivity contribution >= 4 is 12.0 Å². The minimum absolute atomic E-state index is 0.0448. The molecule has 16 heavy (non-hydrogen) atoms. The predicted molar refractivity (Wildman–Crippen MR) is 61.6 cm³/mol. The van der Waals surface area contributed by atoms with Crippen LogP contribution in [-0.4, -0.2) is 26.1 Å². The molecular formula is C12H18N3O+. The van der Waals surface area contributed by atoms with Crippen LogP contribution in [0, 0.1) is 0 Å². The minimum atomic E-state index is -0.0448. The third kappa shape index (κ3) is 1.68. The highest BCUT2D eigenvalue weighted by Gasteiger charge is 2.32. The smallest absolute Gasteiger partial charge is 0.350 e. The van der Waals surface area contributed by atoms with E-state index in [0.29, 0.717) is 12.2 Å². The molecule has 1 aliphatic heterocycles. The van der Waals surface area contributed by atoms with Gasteiger partial charge in [-0.05, 0) is 11.4 Å². The lowest BCUT2D eigenvalue weighted by atomic mass is 9.89. The lowest BCUT2D eigenvalue weighted by Crippen LogP contribution is -2.19. The van der Waals surface area contributed by atoms with Gasteiger partial charge in [-0.25, -0.2) is 4.98 Å². The van der Waals surface area contributed by atoms with Crippen LogP contribution < -0.4 is 0 Å². The Bertz CT molecular complexity index is 458. The summed E-state index contributed by atoms with van der Waals surface area (Å²) < 4.78 is 1.08. The van der Waals surface area contributed by atoms with Gasteiger partial charge < -0.3 is 5.21 Å². The van der Waals surface area contributed by atoms with Gasteiger partial charge in [0.05, 0.1) is 12.1 Å². The molecule has 1 N–H and O–H groups in total. The fourth-order valence-corrected chi connectivity index (χ4v) is 1.93. The molecule has 86 valence electrons. The summed E-state index contributed by atoms with van der Waals surface area (Å²) in [5.41, 5.74) is 2.84. The zero-order valence-electron chi connectivity index (χ0n) is 10.3. The van der Waals surface area contributed by atoms with Crippen LogP contribution in [0.3, 0.4) is 0 Å². The fraction of sp³-hybridized carbons (Fsp3) is 0.583. The molecule has 4 nitrogen and oxygen atoms in total. The van der Waals surface area contributed by atoms with Gasteiger partial charge in [-0.1, -0.05) is 32.4 Å². The highest BCUT2D eigenvalue weighted by Crippen LogP contribution is 2.28. The zero-order chi connectivity index (χ0) is 11.9. The summed E-state index contributed by atoms with van der Waals surface area (Å²) in [6.45, 7) is 8.43. The quantitative estimate of drug-likeness (QED) is 0.581. The maximum Gasteiger partial charge on any atom is 0.383 e. The molecule has 0 aliphatic carbocycles. The van der Waals surface area contributed by atoms with Crippen LogP contribution in [0.2, 0.25) is 0 Å². The number of fused-ring (bicyclic) bond motifs is 1. The number of aromatic nitrogens is 2. The molecule has 0 saturated heterocycles. The van der Waals surface area contributed by atoms with Crippen molar-refractivity contribution in [2.45, 2.75) is 46.0 Å². The largest absolute Gasteiger partial charge is 0.383 e. The van der Waals surface area contributed by atoms with E-state index in [1.807, 2.05) is 0 Å². The van der Waals surface area contributed by atoms with Crippen molar-refractivity contribution in [1.29, 1.82) is 0 Å². The van der Waals surface area contributed by atoms with Gasteiger partial charge in [0.2, 0.25) is 0 Å². The van der Waals surface area contributed by atoms with E-state index in [0.717, 1.165) is 28.2 Å². The Labute approximate surface area is 95.6 Å². The maximum atomic E-state index is 9.61. The lowest BCUT2D eigenvalue weighted by molar-refractivity contribution is -0.710. The second-order valence-corrected chi connectivity index (χ2v) is 5.12. The van der Waals surface area contributed by atoms with Gasteiger partial charge in [0.15, 0.2) is 5.69 Å². The zero-order valence-corrected chi connectivity index (χ0v) is 10.3. The van der Waals surface area contributed by atoms with Gasteiger partial charge in [0, 0.05) is 5.41 Å². The van der Waals surface area contributed by atoms with Crippen molar-refractivity contribution in [3.05, 3.63) is 17.1 Å². The molecule has 2 heterocycles. The molecule has 0 amide bonds. The van der Waals surface area contributed by atoms with Gasteiger partial charge in [-0.15, -0.1) is 0 Å². The highest BCUT2D eigenvalue weighted by atomic mass is 16.5. The van der Waals surface area contributed by atoms with Crippen LogP contribution in [0.25, 0.3) is 0 Å². The molecule has 0 fully saturated rings. The third-order valence-corrected chi connectivity index (χ3v) is 2.74. The van der Waals surface area contributed by atoms with Crippen LogP contribution in [0.1, 0.15) is 44.8 Å². The summed E-state index contributed by atoms with van der Waals surface area (Å²) in [5.74, 6) is 0.585. The normalized spacial score (nSPS) is 14.9. The molecule has 0 atom stereocenters. The number of rotatable bonds is 1. The minimum Gasteiger partial charge on any atom is -0.350 e. The van der Waals surface area contributed by atoms with Gasteiger partial charge in [-0.3, -0.25) is 0 Å². The van der Waals surface area contributed by atoms with Crippen LogP contribution in [0.5, 0.6) is 0 Å². The molecule has 0 saturated carbocycles. The van der Waals surface area contributed by atoms with E-state index < -0.39 is 0 Å². The number of hydrogen-bond acceptors (Lipinski definition) is 3. The summed E-state index contributed by atoms with van der Waals surface area (Å²) in [6.07, 6.45) is 3.23. The van der Waals surface area contributed by atoms with Crippen LogP contribution in [0.4, 0.5) is 5.82 Å². The third-order valence-electron chi connectivity index (χ3n) is 2.74. The van der Waals surface area contributed by atoms with Crippen LogP contribution >= 0.6 is 0 Å². The van der Waals surface area contributed by atoms with Gasteiger partial charge >= 0.3 is 5.82 Å². The van der Waals surface area contributed by atoms with E-state index in [9.17, 15) is 5.21 Å². The monoisotopic (exact) mass is 220 g/mol. The summed E-state index contributed by atoms with van der Waals surface area (Å²) in [4.78, 5) is 9.15. The SMILES string of the molecule is CCc1nc2c(nc1C(C)(C)C)[N+](O)=CC2. The van der Waals surface area contributed by atoms with Crippen molar-refractivity contribution < 1.29 is 9.95 Å². The summed E-state index contributed by atoms with van der Waals surface area (Å²) in [7, 11) is 0. The molecular weight excluding hydrogens is 202 g/mol. The van der Waals surface area contributed by atoms with Crippen molar-refractivity contribution in [1.82, 2.24) is 9.97 Å². The summed E-state index contributed by atoms with van der Waals surface area (Å²) >= 11 is 0. The first-order valence-electron chi connectivity index (χ1n) is 5.65. The Morgan fingerprint density at radius 2 is 2.06 bits per heavy atom. The molecule has 1 aromatic rings. The number of nitrogens with zero attached hydrogens (tertiary/aromatic N) is 3. The van der Waals surface area contributed by atoms with E-state index in [1.54, 1.807) is 6.21 Å². The van der Waals surface area contributed by atoms with Crippen LogP contribution in [-0.2, 0) is 18.3 Å². The Morgan fingerprint density at radius 1 is 1.38 bits per heavy atom. The van der Waals surface area contributed by atoms with Crippen molar-refractivity contribution in [2.75, 3.05) is 0 Å². The standard InChI is InChI=1S/C12H18N3O/c1-5-8-10(12(2,3)4)14-11-9(13-8)6-7-15(11)16/h7,16H,5-6H2,1-4H3/q+1. The van der Waals surface area contributed by atoms with Crippen molar-refractivity contribution in [2.24, 2.45) is 0 Å². The summed E-state index contributed by atoms with van der Waals surface area (Å²) in [6, 6.07) is 0. The lowest BCUT2D eigenvalue weighted by Gasteiger charge is -2.16. The molecule has 2 rings (SSSR count). The molecule has 1 aliphatic rings. The van der Waals surface area contributed by atoms with E-state index in [-0.39, 0.29) is 5.41 Å². The second-order valence-electron chi connectivity index (χ2n) is 5.12. The first kappa shape index (κ1) is 11.0. The summed E-state index contributed by atoms with van der Waals surface area (Å²) in [5, 5.41) is 9.61. The Morgan fingerprint density at radius 3 is 2.62 bits per heavy atom. The molecule has 0 unspecified atom stereocenters. The number of aryl methyl sites for hydroxylation is 1. The maximum absolute atomic E-state index is 9.61. The van der Waals surface area contributed by atoms with E-state index >= 15 is 0 Å². The molecule has 1 aromatic heterocycles. The van der Waals surface area contributed by atoms with Gasteiger partial charge in [-0.2, -0.15) is 0 Å². The predicted octanol–water partition coefficient (Wildman–Crippen LogP) is 2.00. The highest BCUT2D eigenvalue weighted by molar-refractivity contribution is 5.63. The second kappa shape index (κ2) is 3.54. The Balaban J connectivity index is 2.61. The Kier molecular flexibility index (Phi) is 2.45. The van der Waals surface area contributed by atoms with Gasteiger partial charge in [0.25, 0.3) is 0 Å². The van der Waals surface area contributed by atoms with E-state index in [4.69, 9.17) is 0 Å². The molecule has 0 bridgehead atoms. The molecule has 4 heteroatoms. The molecule has 0 spiro atoms.